The summed E-state index contributed by atoms with van der Waals surface area (Å²) in [4.78, 5) is 1.11. The van der Waals surface area contributed by atoms with Crippen molar-refractivity contribution in [3.8, 4) is 11.8 Å². The molecule has 0 bridgehead atoms. The van der Waals surface area contributed by atoms with Gasteiger partial charge in [0.2, 0.25) is 0 Å². The lowest BCUT2D eigenvalue weighted by Gasteiger charge is -2.45. The normalized spacial score (nSPS) is 27.2. The number of thiophene rings is 1. The molecule has 6 heteroatoms. The van der Waals surface area contributed by atoms with Gasteiger partial charge in [-0.3, -0.25) is 5.41 Å². The van der Waals surface area contributed by atoms with Crippen molar-refractivity contribution >= 4 is 43.2 Å². The third-order valence-corrected chi connectivity index (χ3v) is 10.8. The maximum Gasteiger partial charge on any atom is 0.165 e. The molecule has 0 spiro atoms. The second-order valence-corrected chi connectivity index (χ2v) is 13.0. The highest BCUT2D eigenvalue weighted by Gasteiger charge is 2.54. The summed E-state index contributed by atoms with van der Waals surface area (Å²) < 4.78 is 26.6. The van der Waals surface area contributed by atoms with Gasteiger partial charge in [-0.2, -0.15) is 0 Å². The minimum Gasteiger partial charge on any atom is -0.362 e. The molecule has 0 radical (unpaired) electrons. The Hall–Kier alpha value is -2.36. The van der Waals surface area contributed by atoms with E-state index in [1.807, 2.05) is 32.1 Å². The third-order valence-electron chi connectivity index (χ3n) is 6.86. The van der Waals surface area contributed by atoms with Gasteiger partial charge in [-0.15, -0.1) is 17.3 Å². The van der Waals surface area contributed by atoms with Crippen molar-refractivity contribution in [2.24, 2.45) is 5.92 Å². The Balaban J connectivity index is 1.59. The Morgan fingerprint density at radius 1 is 1.38 bits per heavy atom. The predicted octanol–water partition coefficient (Wildman–Crippen LogP) is 5.46. The molecule has 2 aromatic rings. The molecule has 2 fully saturated rings. The van der Waals surface area contributed by atoms with Gasteiger partial charge in [-0.1, -0.05) is 31.4 Å². The number of hydrogen-bond donors (Lipinski definition) is 2. The molecule has 0 amide bonds. The number of nitrogens with one attached hydrogen (secondary N) is 2. The fourth-order valence-corrected chi connectivity index (χ4v) is 7.68. The van der Waals surface area contributed by atoms with E-state index in [0.717, 1.165) is 23.3 Å². The van der Waals surface area contributed by atoms with Crippen molar-refractivity contribution in [3.05, 3.63) is 52.4 Å². The lowest BCUT2D eigenvalue weighted by Crippen LogP contribution is -2.67. The van der Waals surface area contributed by atoms with E-state index in [4.69, 9.17) is 5.41 Å². The Kier molecular flexibility index (Phi) is 5.63. The number of hydrogen-bond acceptors (Lipinski definition) is 4. The van der Waals surface area contributed by atoms with Crippen LogP contribution in [0.2, 0.25) is 0 Å². The summed E-state index contributed by atoms with van der Waals surface area (Å²) in [5, 5.41) is 13.0. The molecule has 1 aromatic heterocycles. The molecule has 1 saturated carbocycles. The van der Waals surface area contributed by atoms with Crippen molar-refractivity contribution < 1.29 is 8.42 Å². The van der Waals surface area contributed by atoms with Crippen LogP contribution in [-0.4, -0.2) is 30.3 Å². The minimum atomic E-state index is -3.49. The standard InChI is InChI=1S/C26H30N2O2S2/c1-6-7-19-11-13-23-21(14-19)18(3)22(31-23)12-8-17(2)25(4)16-32(29,30)26(5,24(27)28-25)15-20-9-10-20/h8,11-14,20H,2,9-10,15-16H2,1,3-5H3,(H2,27,28)/b12-8-/t25-,26-/m0/s1. The van der Waals surface area contributed by atoms with Crippen LogP contribution in [0.15, 0.2) is 36.4 Å². The Bertz CT molecular complexity index is 1320. The Morgan fingerprint density at radius 3 is 2.72 bits per heavy atom. The smallest absolute Gasteiger partial charge is 0.165 e. The van der Waals surface area contributed by atoms with Gasteiger partial charge in [0.25, 0.3) is 0 Å². The van der Waals surface area contributed by atoms with Crippen LogP contribution in [0.1, 0.15) is 56.0 Å². The summed E-state index contributed by atoms with van der Waals surface area (Å²) in [6, 6.07) is 6.24. The van der Waals surface area contributed by atoms with Crippen molar-refractivity contribution in [1.29, 1.82) is 5.41 Å². The molecule has 1 saturated heterocycles. The van der Waals surface area contributed by atoms with Gasteiger partial charge in [-0.05, 0) is 80.8 Å². The summed E-state index contributed by atoms with van der Waals surface area (Å²) in [6.07, 6.45) is 6.56. The summed E-state index contributed by atoms with van der Waals surface area (Å²) in [7, 11) is -3.49. The van der Waals surface area contributed by atoms with E-state index in [9.17, 15) is 8.42 Å². The number of sulfone groups is 1. The first kappa shape index (κ1) is 22.8. The summed E-state index contributed by atoms with van der Waals surface area (Å²) in [6.45, 7) is 11.6. The van der Waals surface area contributed by atoms with Crippen LogP contribution in [0.4, 0.5) is 0 Å². The third kappa shape index (κ3) is 3.93. The van der Waals surface area contributed by atoms with Crippen molar-refractivity contribution in [2.45, 2.75) is 57.2 Å². The topological polar surface area (TPSA) is 70.0 Å². The van der Waals surface area contributed by atoms with Crippen LogP contribution in [0, 0.1) is 30.1 Å². The van der Waals surface area contributed by atoms with Crippen molar-refractivity contribution in [2.75, 3.05) is 5.75 Å². The number of amidine groups is 1. The Labute approximate surface area is 195 Å². The zero-order chi connectivity index (χ0) is 23.3. The monoisotopic (exact) mass is 466 g/mol. The number of fused-ring (bicyclic) bond motifs is 1. The van der Waals surface area contributed by atoms with Gasteiger partial charge in [0, 0.05) is 15.1 Å². The first-order chi connectivity index (χ1) is 15.0. The van der Waals surface area contributed by atoms with Crippen LogP contribution >= 0.6 is 11.3 Å². The molecule has 4 rings (SSSR count). The van der Waals surface area contributed by atoms with Gasteiger partial charge in [0.15, 0.2) is 9.84 Å². The first-order valence-corrected chi connectivity index (χ1v) is 13.4. The Morgan fingerprint density at radius 2 is 2.09 bits per heavy atom. The molecular weight excluding hydrogens is 436 g/mol. The summed E-state index contributed by atoms with van der Waals surface area (Å²) in [5.74, 6) is 6.50. The zero-order valence-corrected chi connectivity index (χ0v) is 20.8. The van der Waals surface area contributed by atoms with E-state index in [0.29, 0.717) is 17.9 Å². The fraction of sp³-hybridized carbons (Fsp3) is 0.423. The van der Waals surface area contributed by atoms with E-state index >= 15 is 0 Å². The lowest BCUT2D eigenvalue weighted by atomic mass is 9.91. The minimum absolute atomic E-state index is 0.0563. The summed E-state index contributed by atoms with van der Waals surface area (Å²) >= 11 is 1.70. The molecule has 1 aromatic carbocycles. The van der Waals surface area contributed by atoms with E-state index in [1.54, 1.807) is 18.3 Å². The highest BCUT2D eigenvalue weighted by atomic mass is 32.2. The highest BCUT2D eigenvalue weighted by molar-refractivity contribution is 7.93. The van der Waals surface area contributed by atoms with Gasteiger partial charge in [-0.25, -0.2) is 8.42 Å². The van der Waals surface area contributed by atoms with Crippen LogP contribution in [-0.2, 0) is 9.84 Å². The molecule has 2 atom stereocenters. The number of aryl methyl sites for hydroxylation is 1. The largest absolute Gasteiger partial charge is 0.362 e. The average Bonchev–Trinajstić information content (AvgIpc) is 3.47. The van der Waals surface area contributed by atoms with Crippen LogP contribution in [0.25, 0.3) is 16.2 Å². The van der Waals surface area contributed by atoms with Crippen molar-refractivity contribution in [1.82, 2.24) is 5.32 Å². The van der Waals surface area contributed by atoms with E-state index in [2.05, 4.69) is 42.8 Å². The van der Waals surface area contributed by atoms with Crippen LogP contribution in [0.3, 0.4) is 0 Å². The quantitative estimate of drug-likeness (QED) is 0.454. The molecule has 2 heterocycles. The molecule has 1 aliphatic carbocycles. The van der Waals surface area contributed by atoms with E-state index in [-0.39, 0.29) is 11.6 Å². The molecule has 2 N–H and O–H groups in total. The molecule has 2 aliphatic rings. The van der Waals surface area contributed by atoms with E-state index < -0.39 is 20.1 Å². The van der Waals surface area contributed by atoms with Crippen LogP contribution < -0.4 is 5.32 Å². The number of benzene rings is 1. The zero-order valence-electron chi connectivity index (χ0n) is 19.1. The molecular formula is C26H30N2O2S2. The molecule has 168 valence electrons. The highest BCUT2D eigenvalue weighted by Crippen LogP contribution is 2.43. The first-order valence-electron chi connectivity index (χ1n) is 10.9. The van der Waals surface area contributed by atoms with Gasteiger partial charge < -0.3 is 5.32 Å². The van der Waals surface area contributed by atoms with Gasteiger partial charge in [0.1, 0.15) is 10.6 Å². The molecule has 32 heavy (non-hydrogen) atoms. The second-order valence-electron chi connectivity index (χ2n) is 9.51. The van der Waals surface area contributed by atoms with Crippen LogP contribution in [0.5, 0.6) is 0 Å². The maximum atomic E-state index is 13.3. The SMILES string of the molecule is C=C(/C=C\c1sc2ccc(C#CC)cc2c1C)[C@]1(C)CS(=O)(=O)[C@@](C)(CC2CC2)C(=N)N1. The second kappa shape index (κ2) is 7.90. The molecule has 4 nitrogen and oxygen atoms in total. The number of rotatable bonds is 5. The van der Waals surface area contributed by atoms with Gasteiger partial charge in [0.05, 0.1) is 11.3 Å². The average molecular weight is 467 g/mol. The van der Waals surface area contributed by atoms with E-state index in [1.165, 1.54) is 15.6 Å². The molecule has 0 unspecified atom stereocenters. The predicted molar refractivity (Wildman–Crippen MR) is 136 cm³/mol. The lowest BCUT2D eigenvalue weighted by molar-refractivity contribution is 0.464. The summed E-state index contributed by atoms with van der Waals surface area (Å²) in [5.41, 5.74) is 1.93. The van der Waals surface area contributed by atoms with Crippen molar-refractivity contribution in [3.63, 3.8) is 0 Å². The maximum absolute atomic E-state index is 13.3. The van der Waals surface area contributed by atoms with Gasteiger partial charge >= 0.3 is 0 Å². The fourth-order valence-electron chi connectivity index (χ4n) is 4.39. The molecule has 1 aliphatic heterocycles.